The molecule has 0 bridgehead atoms. The fourth-order valence-electron chi connectivity index (χ4n) is 3.85. The third-order valence-corrected chi connectivity index (χ3v) is 5.72. The molecule has 0 spiro atoms. The number of carbonyl (C=O) groups is 2. The summed E-state index contributed by atoms with van der Waals surface area (Å²) >= 11 is 0. The SMILES string of the molecule is C[C@H](NC(=O)c1cnc(C(F)(F)F)cc1N1CC[C@](C)(NC(=O)OC(C)(C)C)C1)C1CC1. The minimum absolute atomic E-state index is 0.0599. The van der Waals surface area contributed by atoms with Gasteiger partial charge in [0.2, 0.25) is 0 Å². The molecule has 2 aliphatic rings. The molecule has 1 saturated heterocycles. The van der Waals surface area contributed by atoms with Crippen molar-refractivity contribution >= 4 is 17.7 Å². The van der Waals surface area contributed by atoms with E-state index < -0.39 is 35.0 Å². The van der Waals surface area contributed by atoms with Crippen molar-refractivity contribution in [2.45, 2.75) is 77.2 Å². The van der Waals surface area contributed by atoms with E-state index in [1.807, 2.05) is 6.92 Å². The van der Waals surface area contributed by atoms with Crippen molar-refractivity contribution in [2.75, 3.05) is 18.0 Å². The number of amides is 2. The van der Waals surface area contributed by atoms with Crippen molar-refractivity contribution in [1.29, 1.82) is 0 Å². The Morgan fingerprint density at radius 3 is 2.50 bits per heavy atom. The Labute approximate surface area is 186 Å². The summed E-state index contributed by atoms with van der Waals surface area (Å²) in [6.07, 6.45) is -1.70. The van der Waals surface area contributed by atoms with E-state index in [1.54, 1.807) is 32.6 Å². The standard InChI is InChI=1S/C22H31F3N4O3/c1-13(14-6-7-14)27-18(30)15-11-26-17(22(23,24)25)10-16(15)29-9-8-21(5,12-29)28-19(31)32-20(2,3)4/h10-11,13-14H,6-9,12H2,1-5H3,(H,27,30)(H,28,31)/t13-,21-/m0/s1. The normalized spacial score (nSPS) is 22.4. The Morgan fingerprint density at radius 2 is 1.94 bits per heavy atom. The summed E-state index contributed by atoms with van der Waals surface area (Å²) in [6, 6.07) is 0.853. The number of anilines is 1. The van der Waals surface area contributed by atoms with E-state index in [4.69, 9.17) is 4.74 Å². The van der Waals surface area contributed by atoms with Gasteiger partial charge >= 0.3 is 12.3 Å². The number of halogens is 3. The van der Waals surface area contributed by atoms with Crippen LogP contribution in [0.25, 0.3) is 0 Å². The largest absolute Gasteiger partial charge is 0.444 e. The van der Waals surface area contributed by atoms with E-state index >= 15 is 0 Å². The van der Waals surface area contributed by atoms with Gasteiger partial charge < -0.3 is 20.3 Å². The molecule has 2 fully saturated rings. The second kappa shape index (κ2) is 8.44. The molecule has 0 radical (unpaired) electrons. The molecule has 10 heteroatoms. The second-order valence-corrected chi connectivity index (χ2v) is 10.0. The zero-order valence-corrected chi connectivity index (χ0v) is 19.1. The van der Waals surface area contributed by atoms with Crippen molar-refractivity contribution < 1.29 is 27.5 Å². The predicted molar refractivity (Wildman–Crippen MR) is 113 cm³/mol. The van der Waals surface area contributed by atoms with Gasteiger partial charge in [-0.2, -0.15) is 13.2 Å². The van der Waals surface area contributed by atoms with E-state index in [2.05, 4.69) is 15.6 Å². The number of hydrogen-bond acceptors (Lipinski definition) is 5. The molecule has 1 saturated carbocycles. The number of pyridine rings is 1. The number of nitrogens with one attached hydrogen (secondary N) is 2. The Balaban J connectivity index is 1.83. The van der Waals surface area contributed by atoms with Crippen molar-refractivity contribution in [3.63, 3.8) is 0 Å². The van der Waals surface area contributed by atoms with Gasteiger partial charge in [-0.05, 0) is 65.9 Å². The zero-order chi connectivity index (χ0) is 23.9. The number of alkyl carbamates (subject to hydrolysis) is 1. The molecule has 2 amide bonds. The van der Waals surface area contributed by atoms with Gasteiger partial charge in [-0.3, -0.25) is 9.78 Å². The average Bonchev–Trinajstić information content (AvgIpc) is 3.41. The van der Waals surface area contributed by atoms with Crippen LogP contribution in [0, 0.1) is 5.92 Å². The fourth-order valence-corrected chi connectivity index (χ4v) is 3.85. The maximum absolute atomic E-state index is 13.3. The summed E-state index contributed by atoms with van der Waals surface area (Å²) in [5, 5.41) is 5.70. The zero-order valence-electron chi connectivity index (χ0n) is 19.1. The molecule has 2 atom stereocenters. The number of carbonyl (C=O) groups excluding carboxylic acids is 2. The summed E-state index contributed by atoms with van der Waals surface area (Å²) in [4.78, 5) is 30.3. The molecular weight excluding hydrogens is 425 g/mol. The first-order chi connectivity index (χ1) is 14.7. The van der Waals surface area contributed by atoms with Gasteiger partial charge in [0.1, 0.15) is 11.3 Å². The van der Waals surface area contributed by atoms with Crippen molar-refractivity contribution in [3.8, 4) is 0 Å². The smallest absolute Gasteiger partial charge is 0.433 e. The molecule has 1 aromatic rings. The minimum atomic E-state index is -4.64. The molecule has 3 rings (SSSR count). The topological polar surface area (TPSA) is 83.6 Å². The van der Waals surface area contributed by atoms with Crippen LogP contribution in [0.5, 0.6) is 0 Å². The molecule has 2 heterocycles. The number of hydrogen-bond donors (Lipinski definition) is 2. The fraction of sp³-hybridized carbons (Fsp3) is 0.682. The third kappa shape index (κ3) is 6.04. The Kier molecular flexibility index (Phi) is 6.36. The second-order valence-electron chi connectivity index (χ2n) is 10.0. The van der Waals surface area contributed by atoms with E-state index in [9.17, 15) is 22.8 Å². The van der Waals surface area contributed by atoms with Gasteiger partial charge in [-0.25, -0.2) is 4.79 Å². The minimum Gasteiger partial charge on any atom is -0.444 e. The number of alkyl halides is 3. The van der Waals surface area contributed by atoms with Gasteiger partial charge in [0.15, 0.2) is 0 Å². The van der Waals surface area contributed by atoms with E-state index in [1.165, 1.54) is 0 Å². The highest BCUT2D eigenvalue weighted by molar-refractivity contribution is 6.00. The third-order valence-electron chi connectivity index (χ3n) is 5.72. The van der Waals surface area contributed by atoms with Gasteiger partial charge in [-0.1, -0.05) is 0 Å². The summed E-state index contributed by atoms with van der Waals surface area (Å²) in [6.45, 7) is 9.54. The molecule has 0 aromatic carbocycles. The van der Waals surface area contributed by atoms with Gasteiger partial charge in [0.05, 0.1) is 16.8 Å². The lowest BCUT2D eigenvalue weighted by Crippen LogP contribution is -2.49. The number of rotatable bonds is 5. The molecule has 0 unspecified atom stereocenters. The van der Waals surface area contributed by atoms with Crippen molar-refractivity contribution in [1.82, 2.24) is 15.6 Å². The molecule has 32 heavy (non-hydrogen) atoms. The molecular formula is C22H31F3N4O3. The van der Waals surface area contributed by atoms with Crippen LogP contribution in [-0.4, -0.2) is 47.3 Å². The van der Waals surface area contributed by atoms with Crippen LogP contribution < -0.4 is 15.5 Å². The molecule has 1 aliphatic heterocycles. The average molecular weight is 457 g/mol. The van der Waals surface area contributed by atoms with Crippen LogP contribution in [0.3, 0.4) is 0 Å². The highest BCUT2D eigenvalue weighted by Gasteiger charge is 2.40. The predicted octanol–water partition coefficient (Wildman–Crippen LogP) is 4.12. The van der Waals surface area contributed by atoms with E-state index in [0.29, 0.717) is 18.9 Å². The first-order valence-electron chi connectivity index (χ1n) is 10.8. The van der Waals surface area contributed by atoms with Gasteiger partial charge in [0, 0.05) is 25.3 Å². The van der Waals surface area contributed by atoms with Crippen LogP contribution in [0.2, 0.25) is 0 Å². The molecule has 1 aromatic heterocycles. The summed E-state index contributed by atoms with van der Waals surface area (Å²) < 4.78 is 45.3. The number of nitrogens with zero attached hydrogens (tertiary/aromatic N) is 2. The van der Waals surface area contributed by atoms with Gasteiger partial charge in [0.25, 0.3) is 5.91 Å². The summed E-state index contributed by atoms with van der Waals surface area (Å²) in [5.74, 6) is -0.0488. The van der Waals surface area contributed by atoms with Gasteiger partial charge in [-0.15, -0.1) is 0 Å². The molecule has 178 valence electrons. The van der Waals surface area contributed by atoms with Crippen molar-refractivity contribution in [2.24, 2.45) is 5.92 Å². The number of aromatic nitrogens is 1. The summed E-state index contributed by atoms with van der Waals surface area (Å²) in [5.41, 5.74) is -2.21. The number of ether oxygens (including phenoxy) is 1. The molecule has 7 nitrogen and oxygen atoms in total. The Hall–Kier alpha value is -2.52. The van der Waals surface area contributed by atoms with Crippen LogP contribution in [-0.2, 0) is 10.9 Å². The lowest BCUT2D eigenvalue weighted by Gasteiger charge is -2.29. The van der Waals surface area contributed by atoms with Crippen molar-refractivity contribution in [3.05, 3.63) is 23.5 Å². The van der Waals surface area contributed by atoms with Crippen LogP contribution in [0.15, 0.2) is 12.3 Å². The van der Waals surface area contributed by atoms with Crippen LogP contribution >= 0.6 is 0 Å². The monoisotopic (exact) mass is 456 g/mol. The molecule has 2 N–H and O–H groups in total. The lowest BCUT2D eigenvalue weighted by molar-refractivity contribution is -0.141. The first kappa shape index (κ1) is 24.1. The van der Waals surface area contributed by atoms with E-state index in [0.717, 1.165) is 25.1 Å². The van der Waals surface area contributed by atoms with Crippen LogP contribution in [0.4, 0.5) is 23.7 Å². The summed E-state index contributed by atoms with van der Waals surface area (Å²) in [7, 11) is 0. The lowest BCUT2D eigenvalue weighted by atomic mass is 10.0. The first-order valence-corrected chi connectivity index (χ1v) is 10.8. The maximum atomic E-state index is 13.3. The quantitative estimate of drug-likeness (QED) is 0.696. The van der Waals surface area contributed by atoms with Crippen LogP contribution in [0.1, 0.15) is 69.9 Å². The molecule has 1 aliphatic carbocycles. The Bertz CT molecular complexity index is 880. The highest BCUT2D eigenvalue weighted by Crippen LogP contribution is 2.36. The van der Waals surface area contributed by atoms with E-state index in [-0.39, 0.29) is 23.8 Å². The maximum Gasteiger partial charge on any atom is 0.433 e. The Morgan fingerprint density at radius 1 is 1.28 bits per heavy atom. The highest BCUT2D eigenvalue weighted by atomic mass is 19.4.